The van der Waals surface area contributed by atoms with E-state index in [2.05, 4.69) is 36.6 Å². The van der Waals surface area contributed by atoms with Crippen LogP contribution in [0.2, 0.25) is 0 Å². The number of hydrogen-bond donors (Lipinski definition) is 2. The number of aryl methyl sites for hydroxylation is 1. The van der Waals surface area contributed by atoms with E-state index < -0.39 is 0 Å². The molecular weight excluding hydrogens is 248 g/mol. The van der Waals surface area contributed by atoms with Crippen LogP contribution in [0.4, 0.5) is 11.4 Å². The van der Waals surface area contributed by atoms with E-state index in [0.29, 0.717) is 0 Å². The second-order valence-corrected chi connectivity index (χ2v) is 4.99. The van der Waals surface area contributed by atoms with Crippen LogP contribution in [-0.4, -0.2) is 5.91 Å². The van der Waals surface area contributed by atoms with Gasteiger partial charge in [0.1, 0.15) is 0 Å². The Morgan fingerprint density at radius 1 is 1.10 bits per heavy atom. The van der Waals surface area contributed by atoms with Crippen LogP contribution in [0.1, 0.15) is 31.0 Å². The van der Waals surface area contributed by atoms with Gasteiger partial charge in [-0.15, -0.1) is 0 Å². The van der Waals surface area contributed by atoms with Gasteiger partial charge < -0.3 is 10.6 Å². The van der Waals surface area contributed by atoms with Gasteiger partial charge in [-0.2, -0.15) is 0 Å². The van der Waals surface area contributed by atoms with Crippen molar-refractivity contribution in [2.24, 2.45) is 0 Å². The Labute approximate surface area is 120 Å². The third-order valence-electron chi connectivity index (χ3n) is 3.23. The van der Waals surface area contributed by atoms with Crippen molar-refractivity contribution in [1.82, 2.24) is 0 Å². The number of hydrogen-bond acceptors (Lipinski definition) is 2. The number of amides is 1. The monoisotopic (exact) mass is 268 g/mol. The fourth-order valence-electron chi connectivity index (χ4n) is 2.12. The minimum atomic E-state index is -0.0593. The third kappa shape index (κ3) is 3.60. The standard InChI is InChI=1S/C17H20N2O/c1-12-9-10-16(19-14(3)20)11-17(12)18-13(2)15-7-5-4-6-8-15/h4-11,13,18H,1-3H3,(H,19,20). The molecule has 0 heterocycles. The van der Waals surface area contributed by atoms with E-state index in [4.69, 9.17) is 0 Å². The molecule has 3 heteroatoms. The second kappa shape index (κ2) is 6.24. The van der Waals surface area contributed by atoms with E-state index in [-0.39, 0.29) is 11.9 Å². The summed E-state index contributed by atoms with van der Waals surface area (Å²) in [5.74, 6) is -0.0593. The number of rotatable bonds is 4. The summed E-state index contributed by atoms with van der Waals surface area (Å²) in [4.78, 5) is 11.1. The first kappa shape index (κ1) is 14.1. The highest BCUT2D eigenvalue weighted by Crippen LogP contribution is 2.25. The molecule has 1 unspecified atom stereocenters. The molecule has 3 nitrogen and oxygen atoms in total. The van der Waals surface area contributed by atoms with E-state index in [1.807, 2.05) is 36.4 Å². The Morgan fingerprint density at radius 3 is 2.45 bits per heavy atom. The highest BCUT2D eigenvalue weighted by Gasteiger charge is 2.07. The van der Waals surface area contributed by atoms with Crippen molar-refractivity contribution in [3.8, 4) is 0 Å². The van der Waals surface area contributed by atoms with Gasteiger partial charge in [-0.25, -0.2) is 0 Å². The third-order valence-corrected chi connectivity index (χ3v) is 3.23. The highest BCUT2D eigenvalue weighted by molar-refractivity contribution is 5.89. The predicted octanol–water partition coefficient (Wildman–Crippen LogP) is 4.13. The van der Waals surface area contributed by atoms with Gasteiger partial charge in [0, 0.05) is 24.3 Å². The van der Waals surface area contributed by atoms with Crippen LogP contribution in [0.3, 0.4) is 0 Å². The van der Waals surface area contributed by atoms with Gasteiger partial charge in [0.15, 0.2) is 0 Å². The molecule has 0 saturated carbocycles. The number of carbonyl (C=O) groups excluding carboxylic acids is 1. The van der Waals surface area contributed by atoms with Crippen LogP contribution >= 0.6 is 0 Å². The van der Waals surface area contributed by atoms with Crippen molar-refractivity contribution in [3.05, 3.63) is 59.7 Å². The molecule has 0 aromatic heterocycles. The molecular formula is C17H20N2O. The lowest BCUT2D eigenvalue weighted by Gasteiger charge is -2.18. The topological polar surface area (TPSA) is 41.1 Å². The Bertz CT molecular complexity index is 593. The largest absolute Gasteiger partial charge is 0.378 e. The van der Waals surface area contributed by atoms with Gasteiger partial charge in [-0.1, -0.05) is 36.4 Å². The molecule has 2 aromatic rings. The lowest BCUT2D eigenvalue weighted by atomic mass is 10.1. The molecule has 0 aliphatic carbocycles. The van der Waals surface area contributed by atoms with E-state index in [1.165, 1.54) is 12.5 Å². The van der Waals surface area contributed by atoms with Crippen molar-refractivity contribution in [1.29, 1.82) is 0 Å². The summed E-state index contributed by atoms with van der Waals surface area (Å²) in [6.07, 6.45) is 0. The molecule has 0 radical (unpaired) electrons. The summed E-state index contributed by atoms with van der Waals surface area (Å²) in [5, 5.41) is 6.30. The zero-order valence-electron chi connectivity index (χ0n) is 12.1. The van der Waals surface area contributed by atoms with Crippen molar-refractivity contribution in [2.75, 3.05) is 10.6 Å². The lowest BCUT2D eigenvalue weighted by Crippen LogP contribution is -2.09. The van der Waals surface area contributed by atoms with Gasteiger partial charge in [-0.05, 0) is 37.1 Å². The maximum Gasteiger partial charge on any atom is 0.221 e. The molecule has 2 aromatic carbocycles. The average molecular weight is 268 g/mol. The van der Waals surface area contributed by atoms with Crippen molar-refractivity contribution < 1.29 is 4.79 Å². The van der Waals surface area contributed by atoms with Crippen molar-refractivity contribution in [2.45, 2.75) is 26.8 Å². The normalized spacial score (nSPS) is 11.8. The molecule has 0 fully saturated rings. The molecule has 0 aliphatic heterocycles. The van der Waals surface area contributed by atoms with Crippen molar-refractivity contribution in [3.63, 3.8) is 0 Å². The minimum absolute atomic E-state index is 0.0593. The molecule has 2 N–H and O–H groups in total. The van der Waals surface area contributed by atoms with Gasteiger partial charge >= 0.3 is 0 Å². The molecule has 20 heavy (non-hydrogen) atoms. The van der Waals surface area contributed by atoms with E-state index in [9.17, 15) is 4.79 Å². The van der Waals surface area contributed by atoms with Gasteiger partial charge in [0.05, 0.1) is 0 Å². The summed E-state index contributed by atoms with van der Waals surface area (Å²) < 4.78 is 0. The van der Waals surface area contributed by atoms with Crippen LogP contribution in [-0.2, 0) is 4.79 Å². The van der Waals surface area contributed by atoms with E-state index in [0.717, 1.165) is 16.9 Å². The van der Waals surface area contributed by atoms with E-state index >= 15 is 0 Å². The fourth-order valence-corrected chi connectivity index (χ4v) is 2.12. The van der Waals surface area contributed by atoms with Crippen LogP contribution in [0.25, 0.3) is 0 Å². The van der Waals surface area contributed by atoms with Crippen LogP contribution < -0.4 is 10.6 Å². The Kier molecular flexibility index (Phi) is 4.41. The summed E-state index contributed by atoms with van der Waals surface area (Å²) in [6.45, 7) is 5.69. The molecule has 0 bridgehead atoms. The number of benzene rings is 2. The molecule has 1 amide bonds. The zero-order valence-corrected chi connectivity index (χ0v) is 12.1. The summed E-state index contributed by atoms with van der Waals surface area (Å²) >= 11 is 0. The number of nitrogens with one attached hydrogen (secondary N) is 2. The first-order valence-corrected chi connectivity index (χ1v) is 6.76. The van der Waals surface area contributed by atoms with Gasteiger partial charge in [0.2, 0.25) is 5.91 Å². The smallest absolute Gasteiger partial charge is 0.221 e. The molecule has 0 aliphatic rings. The Balaban J connectivity index is 2.18. The summed E-state index contributed by atoms with van der Waals surface area (Å²) in [7, 11) is 0. The van der Waals surface area contributed by atoms with Gasteiger partial charge in [0.25, 0.3) is 0 Å². The predicted molar refractivity (Wildman–Crippen MR) is 84.0 cm³/mol. The molecule has 104 valence electrons. The van der Waals surface area contributed by atoms with Crippen LogP contribution in [0, 0.1) is 6.92 Å². The minimum Gasteiger partial charge on any atom is -0.378 e. The Hall–Kier alpha value is -2.29. The van der Waals surface area contributed by atoms with Crippen LogP contribution in [0.15, 0.2) is 48.5 Å². The molecule has 0 spiro atoms. The number of anilines is 2. The second-order valence-electron chi connectivity index (χ2n) is 4.99. The van der Waals surface area contributed by atoms with E-state index in [1.54, 1.807) is 0 Å². The maximum absolute atomic E-state index is 11.1. The quantitative estimate of drug-likeness (QED) is 0.875. The molecule has 2 rings (SSSR count). The van der Waals surface area contributed by atoms with Crippen molar-refractivity contribution >= 4 is 17.3 Å². The lowest BCUT2D eigenvalue weighted by molar-refractivity contribution is -0.114. The first-order chi connectivity index (χ1) is 9.56. The SMILES string of the molecule is CC(=O)Nc1ccc(C)c(NC(C)c2ccccc2)c1. The Morgan fingerprint density at radius 2 is 1.80 bits per heavy atom. The highest BCUT2D eigenvalue weighted by atomic mass is 16.1. The van der Waals surface area contributed by atoms with Gasteiger partial charge in [-0.3, -0.25) is 4.79 Å². The van der Waals surface area contributed by atoms with Crippen LogP contribution in [0.5, 0.6) is 0 Å². The number of carbonyl (C=O) groups is 1. The molecule has 0 saturated heterocycles. The average Bonchev–Trinajstić information content (AvgIpc) is 2.43. The molecule has 1 atom stereocenters. The summed E-state index contributed by atoms with van der Waals surface area (Å²) in [5.41, 5.74) is 4.23. The fraction of sp³-hybridized carbons (Fsp3) is 0.235. The summed E-state index contributed by atoms with van der Waals surface area (Å²) in [6, 6.07) is 16.4. The zero-order chi connectivity index (χ0) is 14.5. The first-order valence-electron chi connectivity index (χ1n) is 6.76. The maximum atomic E-state index is 11.1.